The van der Waals surface area contributed by atoms with Gasteiger partial charge >= 0.3 is 0 Å². The van der Waals surface area contributed by atoms with Gasteiger partial charge in [0.1, 0.15) is 12.4 Å². The van der Waals surface area contributed by atoms with E-state index < -0.39 is 16.6 Å². The van der Waals surface area contributed by atoms with Gasteiger partial charge in [0, 0.05) is 17.7 Å². The Bertz CT molecular complexity index is 1380. The highest BCUT2D eigenvalue weighted by Gasteiger charge is 2.34. The first-order valence-electron chi connectivity index (χ1n) is 10.6. The summed E-state index contributed by atoms with van der Waals surface area (Å²) < 4.78 is 25.8. The van der Waals surface area contributed by atoms with E-state index in [2.05, 4.69) is 0 Å². The Morgan fingerprint density at radius 1 is 1.14 bits per heavy atom. The fourth-order valence-corrected chi connectivity index (χ4v) is 4.93. The van der Waals surface area contributed by atoms with E-state index in [9.17, 15) is 19.3 Å². The van der Waals surface area contributed by atoms with Gasteiger partial charge < -0.3 is 9.47 Å². The molecule has 1 fully saturated rings. The normalized spacial score (nSPS) is 14.4. The van der Waals surface area contributed by atoms with Crippen molar-refractivity contribution in [1.82, 2.24) is 0 Å². The van der Waals surface area contributed by atoms with E-state index in [-0.39, 0.29) is 27.2 Å². The number of anilines is 1. The molecule has 0 saturated carbocycles. The van der Waals surface area contributed by atoms with Gasteiger partial charge in [0.25, 0.3) is 11.6 Å². The van der Waals surface area contributed by atoms with E-state index in [0.29, 0.717) is 34.3 Å². The lowest BCUT2D eigenvalue weighted by molar-refractivity contribution is -0.384. The minimum absolute atomic E-state index is 0.0905. The van der Waals surface area contributed by atoms with Gasteiger partial charge in [0.05, 0.1) is 27.1 Å². The second-order valence-electron chi connectivity index (χ2n) is 7.42. The van der Waals surface area contributed by atoms with E-state index in [1.165, 1.54) is 35.2 Å². The van der Waals surface area contributed by atoms with Crippen LogP contribution in [0.5, 0.6) is 11.5 Å². The summed E-state index contributed by atoms with van der Waals surface area (Å²) in [5, 5.41) is 11.4. The molecule has 0 radical (unpaired) electrons. The monoisotopic (exact) mass is 544 g/mol. The number of carbonyl (C=O) groups is 1. The Morgan fingerprint density at radius 2 is 1.92 bits per heavy atom. The summed E-state index contributed by atoms with van der Waals surface area (Å²) in [5.74, 6) is -0.0637. The third-order valence-electron chi connectivity index (χ3n) is 5.09. The Kier molecular flexibility index (Phi) is 7.88. The number of hydrogen-bond donors (Lipinski definition) is 0. The topological polar surface area (TPSA) is 81.9 Å². The fourth-order valence-electron chi connectivity index (χ4n) is 3.41. The average molecular weight is 545 g/mol. The van der Waals surface area contributed by atoms with Crippen molar-refractivity contribution in [2.45, 2.75) is 13.5 Å². The number of thiocarbonyl (C=S) groups is 1. The van der Waals surface area contributed by atoms with Gasteiger partial charge in [0.2, 0.25) is 0 Å². The number of hydrogen-bond acceptors (Lipinski definition) is 7. The van der Waals surface area contributed by atoms with Crippen molar-refractivity contribution < 1.29 is 23.6 Å². The van der Waals surface area contributed by atoms with Crippen LogP contribution in [0.15, 0.2) is 65.6 Å². The molecule has 0 atom stereocenters. The number of thioether (sulfide) groups is 1. The van der Waals surface area contributed by atoms with Gasteiger partial charge in [-0.3, -0.25) is 19.8 Å². The first kappa shape index (κ1) is 25.6. The number of rotatable bonds is 8. The number of carbonyl (C=O) groups excluding carboxylic acids is 1. The van der Waals surface area contributed by atoms with Crippen molar-refractivity contribution in [3.63, 3.8) is 0 Å². The summed E-state index contributed by atoms with van der Waals surface area (Å²) in [6, 6.07) is 15.2. The van der Waals surface area contributed by atoms with Gasteiger partial charge in [-0.15, -0.1) is 0 Å². The van der Waals surface area contributed by atoms with E-state index >= 15 is 0 Å². The Balaban J connectivity index is 1.57. The van der Waals surface area contributed by atoms with Crippen molar-refractivity contribution >= 4 is 63.3 Å². The molecule has 0 N–H and O–H groups in total. The maximum atomic E-state index is 14.1. The molecule has 36 heavy (non-hydrogen) atoms. The van der Waals surface area contributed by atoms with E-state index in [4.69, 9.17) is 33.3 Å². The van der Waals surface area contributed by atoms with Gasteiger partial charge in [-0.1, -0.05) is 53.8 Å². The van der Waals surface area contributed by atoms with Gasteiger partial charge in [-0.05, 0) is 48.9 Å². The quantitative estimate of drug-likeness (QED) is 0.134. The summed E-state index contributed by atoms with van der Waals surface area (Å²) in [4.78, 5) is 25.3. The van der Waals surface area contributed by atoms with Crippen LogP contribution in [-0.2, 0) is 11.4 Å². The van der Waals surface area contributed by atoms with E-state index in [1.807, 2.05) is 6.92 Å². The molecule has 0 spiro atoms. The number of benzene rings is 3. The number of nitro groups is 1. The van der Waals surface area contributed by atoms with Crippen LogP contribution in [0, 0.1) is 15.9 Å². The zero-order chi connectivity index (χ0) is 25.8. The predicted octanol–water partition coefficient (Wildman–Crippen LogP) is 6.77. The summed E-state index contributed by atoms with van der Waals surface area (Å²) in [6.45, 7) is 2.08. The molecule has 0 aliphatic carbocycles. The van der Waals surface area contributed by atoms with Crippen molar-refractivity contribution in [2.75, 3.05) is 11.5 Å². The molecule has 184 valence electrons. The minimum Gasteiger partial charge on any atom is -0.490 e. The van der Waals surface area contributed by atoms with E-state index in [1.54, 1.807) is 36.4 Å². The van der Waals surface area contributed by atoms with Gasteiger partial charge in [-0.25, -0.2) is 4.39 Å². The second-order valence-corrected chi connectivity index (χ2v) is 9.51. The first-order chi connectivity index (χ1) is 17.3. The Hall–Kier alpha value is -3.47. The maximum absolute atomic E-state index is 14.1. The van der Waals surface area contributed by atoms with Crippen LogP contribution in [0.1, 0.15) is 18.1 Å². The zero-order valence-corrected chi connectivity index (χ0v) is 21.2. The lowest BCUT2D eigenvalue weighted by Gasteiger charge is -2.14. The summed E-state index contributed by atoms with van der Waals surface area (Å²) >= 11 is 12.5. The highest BCUT2D eigenvalue weighted by molar-refractivity contribution is 8.27. The van der Waals surface area contributed by atoms with Crippen LogP contribution < -0.4 is 14.4 Å². The van der Waals surface area contributed by atoms with Crippen LogP contribution in [-0.4, -0.2) is 21.8 Å². The van der Waals surface area contributed by atoms with Crippen LogP contribution in [0.3, 0.4) is 0 Å². The van der Waals surface area contributed by atoms with E-state index in [0.717, 1.165) is 11.8 Å². The van der Waals surface area contributed by atoms with Crippen LogP contribution in [0.4, 0.5) is 15.8 Å². The number of nitrogens with zero attached hydrogens (tertiary/aromatic N) is 2. The highest BCUT2D eigenvalue weighted by Crippen LogP contribution is 2.38. The molecule has 0 aromatic heterocycles. The molecule has 3 aromatic rings. The molecule has 1 amide bonds. The highest BCUT2D eigenvalue weighted by atomic mass is 35.5. The molecule has 7 nitrogen and oxygen atoms in total. The molecular weight excluding hydrogens is 527 g/mol. The van der Waals surface area contributed by atoms with Gasteiger partial charge in [-0.2, -0.15) is 0 Å². The summed E-state index contributed by atoms with van der Waals surface area (Å²) in [5.41, 5.74) is 1.06. The van der Waals surface area contributed by atoms with Gasteiger partial charge in [0.15, 0.2) is 15.8 Å². The summed E-state index contributed by atoms with van der Waals surface area (Å²) in [6.07, 6.45) is 1.65. The van der Waals surface area contributed by atoms with Crippen molar-refractivity contribution in [3.05, 3.63) is 97.6 Å². The Morgan fingerprint density at radius 3 is 2.64 bits per heavy atom. The maximum Gasteiger partial charge on any atom is 0.271 e. The fraction of sp³-hybridized carbons (Fsp3) is 0.120. The third kappa shape index (κ3) is 5.51. The number of halogens is 2. The second kappa shape index (κ2) is 11.1. The lowest BCUT2D eigenvalue weighted by Crippen LogP contribution is -2.27. The standard InChI is InChI=1S/C25H18ClFN2O5S2/c1-2-33-22-11-15(9-10-21(22)34-14-18-19(26)7-4-8-20(18)27)12-23-24(30)28(25(35)36-23)16-5-3-6-17(13-16)29(31)32/h3-13H,2,14H2,1H3/b23-12+. The number of non-ortho nitro benzene ring substituents is 1. The molecular formula is C25H18ClFN2O5S2. The number of ether oxygens (including phenoxy) is 2. The first-order valence-corrected chi connectivity index (χ1v) is 12.2. The smallest absolute Gasteiger partial charge is 0.271 e. The largest absolute Gasteiger partial charge is 0.490 e. The number of amides is 1. The summed E-state index contributed by atoms with van der Waals surface area (Å²) in [7, 11) is 0. The third-order valence-corrected chi connectivity index (χ3v) is 6.75. The predicted molar refractivity (Wildman–Crippen MR) is 142 cm³/mol. The zero-order valence-electron chi connectivity index (χ0n) is 18.8. The molecule has 3 aromatic carbocycles. The van der Waals surface area contributed by atoms with Crippen LogP contribution in [0.2, 0.25) is 5.02 Å². The molecule has 4 rings (SSSR count). The SMILES string of the molecule is CCOc1cc(/C=C2/SC(=S)N(c3cccc([N+](=O)[O-])c3)C2=O)ccc1OCc1c(F)cccc1Cl. The lowest BCUT2D eigenvalue weighted by atomic mass is 10.1. The molecule has 0 bridgehead atoms. The Labute approximate surface area is 220 Å². The van der Waals surface area contributed by atoms with Crippen LogP contribution >= 0.6 is 35.6 Å². The average Bonchev–Trinajstić information content (AvgIpc) is 3.12. The molecule has 1 aliphatic rings. The van der Waals surface area contributed by atoms with Crippen molar-refractivity contribution in [2.24, 2.45) is 0 Å². The number of nitro benzene ring substituents is 1. The van der Waals surface area contributed by atoms with Crippen molar-refractivity contribution in [1.29, 1.82) is 0 Å². The molecule has 11 heteroatoms. The molecule has 1 saturated heterocycles. The minimum atomic E-state index is -0.532. The molecule has 0 unspecified atom stereocenters. The van der Waals surface area contributed by atoms with Crippen LogP contribution in [0.25, 0.3) is 6.08 Å². The molecule has 1 aliphatic heterocycles. The molecule has 1 heterocycles. The van der Waals surface area contributed by atoms with Crippen molar-refractivity contribution in [3.8, 4) is 11.5 Å².